The second-order valence-electron chi connectivity index (χ2n) is 6.97. The number of benzene rings is 1. The van der Waals surface area contributed by atoms with E-state index in [-0.39, 0.29) is 24.7 Å². The number of carbonyl (C=O) groups excluding carboxylic acids is 1. The van der Waals surface area contributed by atoms with Gasteiger partial charge in [-0.15, -0.1) is 0 Å². The number of aryl methyl sites for hydroxylation is 1. The van der Waals surface area contributed by atoms with Crippen LogP contribution in [-0.2, 0) is 23.2 Å². The van der Waals surface area contributed by atoms with Crippen molar-refractivity contribution in [2.45, 2.75) is 20.1 Å². The lowest BCUT2D eigenvalue weighted by Crippen LogP contribution is -3.00. The fourth-order valence-corrected chi connectivity index (χ4v) is 3.29. The van der Waals surface area contributed by atoms with Crippen LogP contribution in [0.25, 0.3) is 0 Å². The number of Topliss-reactive ketones (excluding diaryl/α,β-unsaturated/α-hetero) is 1. The summed E-state index contributed by atoms with van der Waals surface area (Å²) in [5.74, 6) is 0.612. The molecule has 0 aliphatic rings. The van der Waals surface area contributed by atoms with Crippen LogP contribution in [0.1, 0.15) is 21.7 Å². The van der Waals surface area contributed by atoms with E-state index in [1.54, 1.807) is 53.4 Å². The molecule has 0 aliphatic heterocycles. The predicted molar refractivity (Wildman–Crippen MR) is 114 cm³/mol. The van der Waals surface area contributed by atoms with E-state index in [9.17, 15) is 13.2 Å². The first-order valence-corrected chi connectivity index (χ1v) is 11.2. The number of carbonyl (C=O) groups is 1. The van der Waals surface area contributed by atoms with Gasteiger partial charge in [-0.2, -0.15) is 4.57 Å². The van der Waals surface area contributed by atoms with Crippen LogP contribution in [0, 0.1) is 6.92 Å². The maximum absolute atomic E-state index is 12.5. The Kier molecular flexibility index (Phi) is 8.13. The second kappa shape index (κ2) is 10.4. The van der Waals surface area contributed by atoms with Gasteiger partial charge in [-0.25, -0.2) is 8.42 Å². The maximum atomic E-state index is 12.5. The van der Waals surface area contributed by atoms with Gasteiger partial charge in [0.2, 0.25) is 22.4 Å². The van der Waals surface area contributed by atoms with Crippen LogP contribution in [0.5, 0.6) is 5.75 Å². The van der Waals surface area contributed by atoms with Crippen molar-refractivity contribution in [3.05, 3.63) is 83.9 Å². The minimum absolute atomic E-state index is 0. The summed E-state index contributed by atoms with van der Waals surface area (Å²) in [5.41, 5.74) is 2.81. The van der Waals surface area contributed by atoms with Crippen molar-refractivity contribution in [2.24, 2.45) is 0 Å². The molecule has 3 aromatic rings. The molecule has 0 unspecified atom stereocenters. The number of rotatable bonds is 8. The molecule has 0 saturated heterocycles. The molecule has 2 aromatic heterocycles. The summed E-state index contributed by atoms with van der Waals surface area (Å²) in [6.45, 7) is 2.48. The number of halogens is 1. The van der Waals surface area contributed by atoms with Gasteiger partial charge >= 0.3 is 0 Å². The SMILES string of the molecule is Cc1cccc(COc2cc[n+](CC(=O)c3ccc(N(C)S(C)(=O)=O)cc3)cc2)n1.[Cl-]. The van der Waals surface area contributed by atoms with Gasteiger partial charge in [-0.05, 0) is 43.3 Å². The van der Waals surface area contributed by atoms with Gasteiger partial charge in [-0.1, -0.05) is 6.07 Å². The first kappa shape index (κ1) is 24.3. The van der Waals surface area contributed by atoms with Gasteiger partial charge in [-0.3, -0.25) is 14.1 Å². The summed E-state index contributed by atoms with van der Waals surface area (Å²) in [4.78, 5) is 16.9. The standard InChI is InChI=1S/C22H24N3O4S.ClH/c1-17-5-4-6-19(23-17)16-29-21-11-13-25(14-12-21)15-22(26)18-7-9-20(10-8-18)24(2)30(3,27)28;/h4-14H,15-16H2,1-3H3;1H/q+1;/p-1. The molecule has 0 atom stereocenters. The Morgan fingerprint density at radius 2 is 1.71 bits per heavy atom. The summed E-state index contributed by atoms with van der Waals surface area (Å²) in [6, 6.07) is 15.9. The van der Waals surface area contributed by atoms with Crippen molar-refractivity contribution in [1.29, 1.82) is 0 Å². The number of aromatic nitrogens is 2. The van der Waals surface area contributed by atoms with E-state index >= 15 is 0 Å². The lowest BCUT2D eigenvalue weighted by Gasteiger charge is -2.16. The Labute approximate surface area is 188 Å². The topological polar surface area (TPSA) is 80.5 Å². The lowest BCUT2D eigenvalue weighted by atomic mass is 10.1. The number of anilines is 1. The maximum Gasteiger partial charge on any atom is 0.231 e. The summed E-state index contributed by atoms with van der Waals surface area (Å²) >= 11 is 0. The smallest absolute Gasteiger partial charge is 0.231 e. The van der Waals surface area contributed by atoms with Crippen LogP contribution >= 0.6 is 0 Å². The van der Waals surface area contributed by atoms with E-state index in [0.29, 0.717) is 23.6 Å². The van der Waals surface area contributed by atoms with Gasteiger partial charge in [0, 0.05) is 30.4 Å². The van der Waals surface area contributed by atoms with Crippen LogP contribution in [-0.4, -0.2) is 32.5 Å². The van der Waals surface area contributed by atoms with Crippen LogP contribution in [0.3, 0.4) is 0 Å². The first-order chi connectivity index (χ1) is 14.2. The van der Waals surface area contributed by atoms with Gasteiger partial charge in [0.25, 0.3) is 0 Å². The second-order valence-corrected chi connectivity index (χ2v) is 8.98. The van der Waals surface area contributed by atoms with Crippen molar-refractivity contribution in [3.8, 4) is 5.75 Å². The van der Waals surface area contributed by atoms with Crippen molar-refractivity contribution < 1.29 is 34.9 Å². The van der Waals surface area contributed by atoms with Gasteiger partial charge in [0.15, 0.2) is 12.4 Å². The third-order valence-corrected chi connectivity index (χ3v) is 5.78. The van der Waals surface area contributed by atoms with Crippen molar-refractivity contribution in [3.63, 3.8) is 0 Å². The summed E-state index contributed by atoms with van der Waals surface area (Å²) in [5, 5.41) is 0. The minimum Gasteiger partial charge on any atom is -1.00 e. The Balaban J connectivity index is 0.00000341. The zero-order valence-corrected chi connectivity index (χ0v) is 19.1. The van der Waals surface area contributed by atoms with Crippen molar-refractivity contribution in [1.82, 2.24) is 4.98 Å². The molecule has 3 rings (SSSR count). The fraction of sp³-hybridized carbons (Fsp3) is 0.227. The quantitative estimate of drug-likeness (QED) is 0.335. The van der Waals surface area contributed by atoms with Crippen LogP contribution in [0.4, 0.5) is 5.69 Å². The Morgan fingerprint density at radius 1 is 1.06 bits per heavy atom. The molecule has 0 radical (unpaired) electrons. The third-order valence-electron chi connectivity index (χ3n) is 4.57. The fourth-order valence-electron chi connectivity index (χ4n) is 2.79. The number of sulfonamides is 1. The van der Waals surface area contributed by atoms with E-state index in [1.807, 2.05) is 25.1 Å². The van der Waals surface area contributed by atoms with E-state index in [2.05, 4.69) is 4.98 Å². The average molecular weight is 462 g/mol. The van der Waals surface area contributed by atoms with Gasteiger partial charge in [0.1, 0.15) is 12.4 Å². The molecule has 0 amide bonds. The molecule has 0 bridgehead atoms. The van der Waals surface area contributed by atoms with E-state index in [4.69, 9.17) is 4.74 Å². The zero-order valence-electron chi connectivity index (χ0n) is 17.5. The van der Waals surface area contributed by atoms with Crippen molar-refractivity contribution in [2.75, 3.05) is 17.6 Å². The molecule has 2 heterocycles. The van der Waals surface area contributed by atoms with Gasteiger partial charge < -0.3 is 17.1 Å². The van der Waals surface area contributed by atoms with Gasteiger partial charge in [0.05, 0.1) is 17.6 Å². The highest BCUT2D eigenvalue weighted by Crippen LogP contribution is 2.17. The number of hydrogen-bond acceptors (Lipinski definition) is 5. The highest BCUT2D eigenvalue weighted by molar-refractivity contribution is 7.92. The lowest BCUT2D eigenvalue weighted by molar-refractivity contribution is -0.683. The van der Waals surface area contributed by atoms with Crippen LogP contribution < -0.4 is 26.0 Å². The highest BCUT2D eigenvalue weighted by atomic mass is 35.5. The molecule has 31 heavy (non-hydrogen) atoms. The molecule has 164 valence electrons. The molecule has 7 nitrogen and oxygen atoms in total. The third kappa shape index (κ3) is 6.77. The molecule has 0 saturated carbocycles. The Hall–Kier alpha value is -2.97. The van der Waals surface area contributed by atoms with Crippen molar-refractivity contribution >= 4 is 21.5 Å². The Bertz CT molecular complexity index is 1130. The highest BCUT2D eigenvalue weighted by Gasteiger charge is 2.15. The summed E-state index contributed by atoms with van der Waals surface area (Å²) in [7, 11) is -1.87. The van der Waals surface area contributed by atoms with E-state index in [0.717, 1.165) is 17.6 Å². The minimum atomic E-state index is -3.34. The number of pyridine rings is 2. The largest absolute Gasteiger partial charge is 1.00 e. The zero-order chi connectivity index (χ0) is 21.7. The molecule has 0 aliphatic carbocycles. The monoisotopic (exact) mass is 461 g/mol. The molecule has 0 spiro atoms. The molecule has 9 heteroatoms. The number of nitrogens with zero attached hydrogens (tertiary/aromatic N) is 3. The summed E-state index contributed by atoms with van der Waals surface area (Å²) in [6.07, 6.45) is 4.69. The Morgan fingerprint density at radius 3 is 2.29 bits per heavy atom. The molecule has 0 fully saturated rings. The number of hydrogen-bond donors (Lipinski definition) is 0. The van der Waals surface area contributed by atoms with Crippen LogP contribution in [0.15, 0.2) is 67.0 Å². The molecule has 1 aromatic carbocycles. The normalized spacial score (nSPS) is 10.8. The molecular formula is C22H24ClN3O4S. The number of ketones is 1. The molecular weight excluding hydrogens is 438 g/mol. The average Bonchev–Trinajstić information content (AvgIpc) is 2.72. The summed E-state index contributed by atoms with van der Waals surface area (Å²) < 4.78 is 31.9. The number of ether oxygens (including phenoxy) is 1. The predicted octanol–water partition coefficient (Wildman–Crippen LogP) is -0.461. The van der Waals surface area contributed by atoms with E-state index in [1.165, 1.54) is 11.4 Å². The molecule has 0 N–H and O–H groups in total. The van der Waals surface area contributed by atoms with E-state index < -0.39 is 10.0 Å². The first-order valence-electron chi connectivity index (χ1n) is 9.34. The van der Waals surface area contributed by atoms with Crippen LogP contribution in [0.2, 0.25) is 0 Å².